The monoisotopic (exact) mass is 305 g/mol. The summed E-state index contributed by atoms with van der Waals surface area (Å²) in [7, 11) is 0. The Bertz CT molecular complexity index is 655. The van der Waals surface area contributed by atoms with Crippen LogP contribution < -0.4 is 5.32 Å². The number of phenolic OH excluding ortho intramolecular Hbond substituents is 1. The normalized spacial score (nSPS) is 15.9. The van der Waals surface area contributed by atoms with Gasteiger partial charge in [-0.05, 0) is 30.5 Å². The highest BCUT2D eigenvalue weighted by molar-refractivity contribution is 6.31. The highest BCUT2D eigenvalue weighted by Gasteiger charge is 2.44. The summed E-state index contributed by atoms with van der Waals surface area (Å²) in [5.41, 5.74) is 1.71. The minimum absolute atomic E-state index is 0.0750. The molecule has 0 heterocycles. The Hall–Kier alpha value is -1.58. The first-order valence-electron chi connectivity index (χ1n) is 7.04. The van der Waals surface area contributed by atoms with E-state index in [4.69, 9.17) is 11.6 Å². The van der Waals surface area contributed by atoms with Gasteiger partial charge in [-0.3, -0.25) is 0 Å². The zero-order valence-corrected chi connectivity index (χ0v) is 12.3. The van der Waals surface area contributed by atoms with Crippen molar-refractivity contribution in [2.75, 3.05) is 6.54 Å². The second-order valence-corrected chi connectivity index (χ2v) is 6.02. The molecule has 1 aliphatic rings. The van der Waals surface area contributed by atoms with Crippen molar-refractivity contribution >= 4 is 11.6 Å². The molecule has 21 heavy (non-hydrogen) atoms. The number of hydrogen-bond acceptors (Lipinski definition) is 2. The van der Waals surface area contributed by atoms with Crippen LogP contribution in [-0.2, 0) is 12.0 Å². The molecular formula is C17H17ClFNO. The first-order valence-corrected chi connectivity index (χ1v) is 7.42. The van der Waals surface area contributed by atoms with Gasteiger partial charge in [-0.1, -0.05) is 41.9 Å². The van der Waals surface area contributed by atoms with Gasteiger partial charge in [0.25, 0.3) is 0 Å². The maximum Gasteiger partial charge on any atom is 0.169 e. The van der Waals surface area contributed by atoms with Crippen molar-refractivity contribution < 1.29 is 9.50 Å². The molecule has 2 N–H and O–H groups in total. The number of benzene rings is 2. The lowest BCUT2D eigenvalue weighted by atomic mass is 9.96. The van der Waals surface area contributed by atoms with E-state index in [0.717, 1.165) is 30.0 Å². The van der Waals surface area contributed by atoms with Crippen LogP contribution in [0.25, 0.3) is 0 Å². The molecule has 0 aliphatic heterocycles. The molecule has 0 spiro atoms. The quantitative estimate of drug-likeness (QED) is 0.875. The van der Waals surface area contributed by atoms with Crippen molar-refractivity contribution in [1.29, 1.82) is 0 Å². The summed E-state index contributed by atoms with van der Waals surface area (Å²) in [6.45, 7) is 1.15. The minimum atomic E-state index is -0.549. The SMILES string of the molecule is Oc1cccc(CNCC2(c3ccccc3Cl)CC2)c1F. The van der Waals surface area contributed by atoms with Crippen molar-refractivity contribution in [3.05, 3.63) is 64.4 Å². The number of phenols is 1. The molecule has 2 aromatic rings. The molecule has 1 saturated carbocycles. The average Bonchev–Trinajstić information content (AvgIpc) is 3.25. The van der Waals surface area contributed by atoms with Gasteiger partial charge in [0.2, 0.25) is 0 Å². The first-order chi connectivity index (χ1) is 10.1. The van der Waals surface area contributed by atoms with Crippen molar-refractivity contribution in [3.63, 3.8) is 0 Å². The molecule has 1 aliphatic carbocycles. The maximum atomic E-state index is 13.7. The summed E-state index contributed by atoms with van der Waals surface area (Å²) in [5.74, 6) is -0.853. The fourth-order valence-corrected chi connectivity index (χ4v) is 3.06. The van der Waals surface area contributed by atoms with Gasteiger partial charge in [0.1, 0.15) is 0 Å². The van der Waals surface area contributed by atoms with E-state index in [0.29, 0.717) is 12.1 Å². The zero-order valence-electron chi connectivity index (χ0n) is 11.6. The molecule has 4 heteroatoms. The zero-order chi connectivity index (χ0) is 14.9. The Morgan fingerprint density at radius 2 is 1.90 bits per heavy atom. The van der Waals surface area contributed by atoms with E-state index in [9.17, 15) is 9.50 Å². The van der Waals surface area contributed by atoms with E-state index in [1.165, 1.54) is 6.07 Å². The van der Waals surface area contributed by atoms with Crippen molar-refractivity contribution in [2.24, 2.45) is 0 Å². The van der Waals surface area contributed by atoms with Crippen LogP contribution in [0.1, 0.15) is 24.0 Å². The Morgan fingerprint density at radius 3 is 2.62 bits per heavy atom. The second-order valence-electron chi connectivity index (χ2n) is 5.61. The van der Waals surface area contributed by atoms with E-state index < -0.39 is 5.82 Å². The Kier molecular flexibility index (Phi) is 3.87. The number of rotatable bonds is 5. The van der Waals surface area contributed by atoms with Gasteiger partial charge in [-0.2, -0.15) is 0 Å². The summed E-state index contributed by atoms with van der Waals surface area (Å²) in [4.78, 5) is 0. The topological polar surface area (TPSA) is 32.3 Å². The Labute approximate surface area is 128 Å². The van der Waals surface area contributed by atoms with Crippen LogP contribution in [0.2, 0.25) is 5.02 Å². The number of halogens is 2. The lowest BCUT2D eigenvalue weighted by Gasteiger charge is -2.18. The molecule has 3 rings (SSSR count). The average molecular weight is 306 g/mol. The van der Waals surface area contributed by atoms with E-state index in [1.54, 1.807) is 12.1 Å². The third-order valence-corrected chi connectivity index (χ3v) is 4.47. The van der Waals surface area contributed by atoms with Crippen molar-refractivity contribution in [3.8, 4) is 5.75 Å². The summed E-state index contributed by atoms with van der Waals surface area (Å²) in [6, 6.07) is 12.6. The second kappa shape index (κ2) is 5.66. The number of hydrogen-bond donors (Lipinski definition) is 2. The van der Waals surface area contributed by atoms with Crippen molar-refractivity contribution in [2.45, 2.75) is 24.8 Å². The molecule has 0 bridgehead atoms. The highest BCUT2D eigenvalue weighted by Crippen LogP contribution is 2.49. The van der Waals surface area contributed by atoms with Gasteiger partial charge in [0.15, 0.2) is 11.6 Å². The van der Waals surface area contributed by atoms with Crippen LogP contribution in [0.15, 0.2) is 42.5 Å². The van der Waals surface area contributed by atoms with Gasteiger partial charge in [0, 0.05) is 29.1 Å². The molecule has 2 aromatic carbocycles. The fraction of sp³-hybridized carbons (Fsp3) is 0.294. The summed E-state index contributed by atoms with van der Waals surface area (Å²) in [5, 5.41) is 13.4. The number of aromatic hydroxyl groups is 1. The van der Waals surface area contributed by atoms with Crippen LogP contribution in [0.4, 0.5) is 4.39 Å². The van der Waals surface area contributed by atoms with Crippen LogP contribution in [0.5, 0.6) is 5.75 Å². The molecule has 0 unspecified atom stereocenters. The molecule has 0 saturated heterocycles. The van der Waals surface area contributed by atoms with Gasteiger partial charge in [0.05, 0.1) is 0 Å². The Balaban J connectivity index is 1.66. The molecule has 0 atom stereocenters. The molecule has 110 valence electrons. The predicted molar refractivity (Wildman–Crippen MR) is 82.1 cm³/mol. The highest BCUT2D eigenvalue weighted by atomic mass is 35.5. The van der Waals surface area contributed by atoms with Crippen molar-refractivity contribution in [1.82, 2.24) is 5.32 Å². The van der Waals surface area contributed by atoms with Crippen LogP contribution in [0.3, 0.4) is 0 Å². The maximum absolute atomic E-state index is 13.7. The molecule has 0 amide bonds. The lowest BCUT2D eigenvalue weighted by Crippen LogP contribution is -2.27. The van der Waals surface area contributed by atoms with E-state index in [1.807, 2.05) is 18.2 Å². The predicted octanol–water partition coefficient (Wildman–Crippen LogP) is 4.01. The van der Waals surface area contributed by atoms with Crippen LogP contribution >= 0.6 is 11.6 Å². The first kappa shape index (κ1) is 14.4. The molecular weight excluding hydrogens is 289 g/mol. The summed E-state index contributed by atoms with van der Waals surface area (Å²) < 4.78 is 13.7. The molecule has 0 radical (unpaired) electrons. The smallest absolute Gasteiger partial charge is 0.169 e. The van der Waals surface area contributed by atoms with Crippen LogP contribution in [-0.4, -0.2) is 11.7 Å². The van der Waals surface area contributed by atoms with Gasteiger partial charge < -0.3 is 10.4 Å². The lowest BCUT2D eigenvalue weighted by molar-refractivity contribution is 0.426. The summed E-state index contributed by atoms with van der Waals surface area (Å²) >= 11 is 6.27. The third kappa shape index (κ3) is 2.89. The standard InChI is InChI=1S/C17H17ClFNO/c18-14-6-2-1-5-13(14)17(8-9-17)11-20-10-12-4-3-7-15(21)16(12)19/h1-7,20-21H,8-11H2. The van der Waals surface area contributed by atoms with Gasteiger partial charge in [-0.15, -0.1) is 0 Å². The van der Waals surface area contributed by atoms with E-state index >= 15 is 0 Å². The number of nitrogens with one attached hydrogen (secondary N) is 1. The minimum Gasteiger partial charge on any atom is -0.505 e. The van der Waals surface area contributed by atoms with Gasteiger partial charge >= 0.3 is 0 Å². The summed E-state index contributed by atoms with van der Waals surface area (Å²) in [6.07, 6.45) is 2.18. The molecule has 0 aromatic heterocycles. The Morgan fingerprint density at radius 1 is 1.14 bits per heavy atom. The fourth-order valence-electron chi connectivity index (χ4n) is 2.72. The van der Waals surface area contributed by atoms with Gasteiger partial charge in [-0.25, -0.2) is 4.39 Å². The van der Waals surface area contributed by atoms with E-state index in [2.05, 4.69) is 11.4 Å². The van der Waals surface area contributed by atoms with E-state index in [-0.39, 0.29) is 11.2 Å². The third-order valence-electron chi connectivity index (χ3n) is 4.14. The van der Waals surface area contributed by atoms with Crippen LogP contribution in [0, 0.1) is 5.82 Å². The molecule has 1 fully saturated rings. The molecule has 2 nitrogen and oxygen atoms in total. The largest absolute Gasteiger partial charge is 0.505 e.